The number of amides is 1. The van der Waals surface area contributed by atoms with Crippen molar-refractivity contribution in [2.75, 3.05) is 18.8 Å². The highest BCUT2D eigenvalue weighted by Crippen LogP contribution is 2.48. The molecule has 3 rings (SSSR count). The monoisotopic (exact) mass is 273 g/mol. The largest absolute Gasteiger partial charge is 0.351 e. The van der Waals surface area contributed by atoms with E-state index in [9.17, 15) is 4.79 Å². The van der Waals surface area contributed by atoms with Crippen LogP contribution in [0.2, 0.25) is 0 Å². The molecule has 3 N–H and O–H groups in total. The Balaban J connectivity index is 1.98. The number of nitrogens with two attached hydrogens (primary N) is 1. The van der Waals surface area contributed by atoms with Crippen LogP contribution in [0.15, 0.2) is 52.7 Å². The Bertz CT molecular complexity index is 571. The van der Waals surface area contributed by atoms with Crippen LogP contribution in [0.1, 0.15) is 0 Å². The van der Waals surface area contributed by atoms with Crippen molar-refractivity contribution in [1.82, 2.24) is 5.32 Å². The lowest BCUT2D eigenvalue weighted by Gasteiger charge is -2.31. The number of nitrogens with zero attached hydrogens (tertiary/aromatic N) is 1. The summed E-state index contributed by atoms with van der Waals surface area (Å²) in [5.41, 5.74) is 8.31. The quantitative estimate of drug-likeness (QED) is 0.804. The molecule has 1 unspecified atom stereocenters. The molecule has 0 aromatic heterocycles. The predicted octanol–water partition coefficient (Wildman–Crippen LogP) is 0.938. The van der Waals surface area contributed by atoms with Crippen molar-refractivity contribution in [3.8, 4) is 0 Å². The second-order valence-electron chi connectivity index (χ2n) is 4.51. The number of aliphatic imine (C=N–C) groups is 1. The van der Waals surface area contributed by atoms with Crippen LogP contribution in [0, 0.1) is 0 Å². The van der Waals surface area contributed by atoms with E-state index in [2.05, 4.69) is 16.4 Å². The fourth-order valence-corrected chi connectivity index (χ4v) is 3.95. The molecule has 19 heavy (non-hydrogen) atoms. The van der Waals surface area contributed by atoms with Gasteiger partial charge in [0, 0.05) is 30.6 Å². The van der Waals surface area contributed by atoms with Crippen LogP contribution in [0.25, 0.3) is 0 Å². The van der Waals surface area contributed by atoms with Gasteiger partial charge in [-0.25, -0.2) is 0 Å². The maximum atomic E-state index is 12.2. The Morgan fingerprint density at radius 2 is 2.37 bits per heavy atom. The third-order valence-electron chi connectivity index (χ3n) is 3.40. The van der Waals surface area contributed by atoms with Gasteiger partial charge in [-0.15, -0.1) is 11.8 Å². The van der Waals surface area contributed by atoms with Crippen molar-refractivity contribution in [3.63, 3.8) is 0 Å². The lowest BCUT2D eigenvalue weighted by Crippen LogP contribution is -2.35. The number of hydrogen-bond acceptors (Lipinski definition) is 4. The predicted molar refractivity (Wildman–Crippen MR) is 79.1 cm³/mol. The molecule has 0 fully saturated rings. The van der Waals surface area contributed by atoms with Crippen LogP contribution in [-0.2, 0) is 4.79 Å². The molecule has 1 atom stereocenters. The molecule has 0 saturated carbocycles. The molecule has 1 spiro atoms. The second kappa shape index (κ2) is 4.83. The molecule has 98 valence electrons. The highest BCUT2D eigenvalue weighted by Gasteiger charge is 2.45. The molecule has 2 aliphatic heterocycles. The van der Waals surface area contributed by atoms with E-state index in [1.54, 1.807) is 18.0 Å². The van der Waals surface area contributed by atoms with E-state index in [-0.39, 0.29) is 10.7 Å². The molecule has 0 bridgehead atoms. The van der Waals surface area contributed by atoms with Crippen LogP contribution in [-0.4, -0.2) is 35.2 Å². The van der Waals surface area contributed by atoms with Gasteiger partial charge in [-0.2, -0.15) is 0 Å². The smallest absolute Gasteiger partial charge is 0.248 e. The first-order valence-electron chi connectivity index (χ1n) is 6.24. The summed E-state index contributed by atoms with van der Waals surface area (Å²) < 4.78 is -0.265. The second-order valence-corrected chi connectivity index (χ2v) is 5.73. The number of hydrogen-bond donors (Lipinski definition) is 2. The maximum Gasteiger partial charge on any atom is 0.248 e. The zero-order valence-electron chi connectivity index (χ0n) is 10.4. The standard InChI is InChI=1S/C14H15N3OS/c15-6-8-17-13(18)10-9-19-14-5-2-1-3-12(14)16-7-4-11(10)14/h1-5,7H,6,8-9,15H2,(H,17,18). The van der Waals surface area contributed by atoms with Gasteiger partial charge in [0.25, 0.3) is 0 Å². The zero-order valence-corrected chi connectivity index (χ0v) is 11.2. The summed E-state index contributed by atoms with van der Waals surface area (Å²) in [6.45, 7) is 0.964. The average molecular weight is 273 g/mol. The Hall–Kier alpha value is -1.59. The van der Waals surface area contributed by atoms with E-state index in [1.165, 1.54) is 0 Å². The van der Waals surface area contributed by atoms with E-state index in [0.29, 0.717) is 18.8 Å². The molecule has 2 heterocycles. The van der Waals surface area contributed by atoms with Gasteiger partial charge in [0.2, 0.25) is 5.91 Å². The van der Waals surface area contributed by atoms with Crippen molar-refractivity contribution < 1.29 is 4.79 Å². The SMILES string of the molecule is NCCNC(=O)C1=C2C=CN=C3C=CC=CC32SC1. The molecule has 4 nitrogen and oxygen atoms in total. The van der Waals surface area contributed by atoms with Crippen LogP contribution in [0.3, 0.4) is 0 Å². The summed E-state index contributed by atoms with van der Waals surface area (Å²) in [6.07, 6.45) is 11.9. The number of carbonyl (C=O) groups is 1. The van der Waals surface area contributed by atoms with Crippen molar-refractivity contribution in [1.29, 1.82) is 0 Å². The fourth-order valence-electron chi connectivity index (χ4n) is 2.50. The van der Waals surface area contributed by atoms with Gasteiger partial charge in [0.05, 0.1) is 5.71 Å². The summed E-state index contributed by atoms with van der Waals surface area (Å²) in [6, 6.07) is 0. The zero-order chi connectivity index (χ0) is 13.3. The third-order valence-corrected chi connectivity index (χ3v) is 4.86. The highest BCUT2D eigenvalue weighted by atomic mass is 32.2. The summed E-state index contributed by atoms with van der Waals surface area (Å²) in [5, 5.41) is 2.85. The number of rotatable bonds is 3. The van der Waals surface area contributed by atoms with Crippen molar-refractivity contribution in [2.45, 2.75) is 4.75 Å². The maximum absolute atomic E-state index is 12.2. The van der Waals surface area contributed by atoms with Crippen LogP contribution in [0.4, 0.5) is 0 Å². The molecule has 5 heteroatoms. The summed E-state index contributed by atoms with van der Waals surface area (Å²) >= 11 is 1.74. The Morgan fingerprint density at radius 1 is 1.47 bits per heavy atom. The van der Waals surface area contributed by atoms with Crippen LogP contribution < -0.4 is 11.1 Å². The van der Waals surface area contributed by atoms with Gasteiger partial charge in [0.1, 0.15) is 4.75 Å². The molecule has 1 aliphatic carbocycles. The van der Waals surface area contributed by atoms with Gasteiger partial charge in [0.15, 0.2) is 0 Å². The van der Waals surface area contributed by atoms with E-state index < -0.39 is 0 Å². The van der Waals surface area contributed by atoms with Crippen LogP contribution in [0.5, 0.6) is 0 Å². The minimum absolute atomic E-state index is 0.0151. The molecule has 0 radical (unpaired) electrons. The molecule has 1 amide bonds. The van der Waals surface area contributed by atoms with Crippen LogP contribution >= 0.6 is 11.8 Å². The highest BCUT2D eigenvalue weighted by molar-refractivity contribution is 8.02. The molecular weight excluding hydrogens is 258 g/mol. The van der Waals surface area contributed by atoms with E-state index in [0.717, 1.165) is 16.9 Å². The Kier molecular flexibility index (Phi) is 3.16. The first kappa shape index (κ1) is 12.4. The van der Waals surface area contributed by atoms with E-state index >= 15 is 0 Å². The molecular formula is C14H15N3OS. The third kappa shape index (κ3) is 1.89. The topological polar surface area (TPSA) is 67.5 Å². The minimum atomic E-state index is -0.265. The summed E-state index contributed by atoms with van der Waals surface area (Å²) in [7, 11) is 0. The van der Waals surface area contributed by atoms with Crippen molar-refractivity contribution in [3.05, 3.63) is 47.7 Å². The lowest BCUT2D eigenvalue weighted by molar-refractivity contribution is -0.117. The van der Waals surface area contributed by atoms with Gasteiger partial charge in [-0.3, -0.25) is 9.79 Å². The van der Waals surface area contributed by atoms with Gasteiger partial charge >= 0.3 is 0 Å². The number of carbonyl (C=O) groups excluding carboxylic acids is 1. The number of thioether (sulfide) groups is 1. The molecule has 0 aromatic rings. The fraction of sp³-hybridized carbons (Fsp3) is 0.286. The Labute approximate surface area is 116 Å². The molecule has 3 aliphatic rings. The number of nitrogens with one attached hydrogen (secondary N) is 1. The van der Waals surface area contributed by atoms with Gasteiger partial charge in [-0.1, -0.05) is 18.2 Å². The summed E-state index contributed by atoms with van der Waals surface area (Å²) in [5.74, 6) is 0.687. The van der Waals surface area contributed by atoms with Crippen molar-refractivity contribution in [2.24, 2.45) is 10.7 Å². The summed E-state index contributed by atoms with van der Waals surface area (Å²) in [4.78, 5) is 16.6. The molecule has 0 saturated heterocycles. The van der Waals surface area contributed by atoms with Gasteiger partial charge < -0.3 is 11.1 Å². The lowest BCUT2D eigenvalue weighted by atomic mass is 9.85. The van der Waals surface area contributed by atoms with Crippen molar-refractivity contribution >= 4 is 23.4 Å². The number of allylic oxidation sites excluding steroid dienone is 4. The Morgan fingerprint density at radius 3 is 3.21 bits per heavy atom. The normalized spacial score (nSPS) is 27.1. The molecule has 0 aromatic carbocycles. The minimum Gasteiger partial charge on any atom is -0.351 e. The van der Waals surface area contributed by atoms with Gasteiger partial charge in [-0.05, 0) is 17.7 Å². The average Bonchev–Trinajstić information content (AvgIpc) is 2.82. The first-order valence-corrected chi connectivity index (χ1v) is 7.23. The first-order chi connectivity index (χ1) is 9.28. The van der Waals surface area contributed by atoms with E-state index in [1.807, 2.05) is 24.3 Å². The van der Waals surface area contributed by atoms with E-state index in [4.69, 9.17) is 5.73 Å².